The van der Waals surface area contributed by atoms with E-state index in [1.807, 2.05) is 21.9 Å². The number of amides is 2. The second-order valence-electron chi connectivity index (χ2n) is 7.42. The quantitative estimate of drug-likeness (QED) is 0.652. The summed E-state index contributed by atoms with van der Waals surface area (Å²) in [7, 11) is 0. The molecular weight excluding hydrogens is 374 g/mol. The molecule has 9 heteroatoms. The van der Waals surface area contributed by atoms with Crippen LogP contribution in [0.4, 0.5) is 5.82 Å². The Morgan fingerprint density at radius 3 is 2.55 bits per heavy atom. The van der Waals surface area contributed by atoms with E-state index in [2.05, 4.69) is 29.3 Å². The van der Waals surface area contributed by atoms with E-state index in [-0.39, 0.29) is 36.2 Å². The van der Waals surface area contributed by atoms with Crippen LogP contribution in [0.2, 0.25) is 0 Å². The van der Waals surface area contributed by atoms with Gasteiger partial charge in [0.05, 0.1) is 6.04 Å². The average Bonchev–Trinajstić information content (AvgIpc) is 3.36. The van der Waals surface area contributed by atoms with Gasteiger partial charge in [-0.15, -0.1) is 0 Å². The Bertz CT molecular complexity index is 912. The van der Waals surface area contributed by atoms with E-state index in [4.69, 9.17) is 15.6 Å². The molecule has 0 unspecified atom stereocenters. The van der Waals surface area contributed by atoms with Crippen molar-refractivity contribution in [2.24, 2.45) is 11.8 Å². The minimum Gasteiger partial charge on any atom is -0.483 e. The molecule has 3 heterocycles. The van der Waals surface area contributed by atoms with Gasteiger partial charge in [-0.2, -0.15) is 5.10 Å². The van der Waals surface area contributed by atoms with Crippen molar-refractivity contribution in [1.82, 2.24) is 20.0 Å². The van der Waals surface area contributed by atoms with E-state index < -0.39 is 0 Å². The fourth-order valence-electron chi connectivity index (χ4n) is 4.47. The Morgan fingerprint density at radius 2 is 1.97 bits per heavy atom. The van der Waals surface area contributed by atoms with E-state index in [9.17, 15) is 9.59 Å². The van der Waals surface area contributed by atoms with Crippen molar-refractivity contribution in [1.29, 1.82) is 0 Å². The summed E-state index contributed by atoms with van der Waals surface area (Å²) in [4.78, 5) is 37.1. The molecule has 2 aliphatic rings. The average molecular weight is 399 g/mol. The van der Waals surface area contributed by atoms with Crippen LogP contribution in [0.5, 0.6) is 0 Å². The van der Waals surface area contributed by atoms with Crippen molar-refractivity contribution in [2.75, 3.05) is 25.4 Å². The summed E-state index contributed by atoms with van der Waals surface area (Å²) in [5.74, 6) is 0.846. The number of anilines is 1. The molecule has 1 aromatic heterocycles. The van der Waals surface area contributed by atoms with Crippen molar-refractivity contribution >= 4 is 24.1 Å². The highest BCUT2D eigenvalue weighted by atomic mass is 16.3. The van der Waals surface area contributed by atoms with Gasteiger partial charge in [-0.3, -0.25) is 19.5 Å². The first-order chi connectivity index (χ1) is 13.9. The minimum absolute atomic E-state index is 0.0170. The number of aromatic amines is 1. The molecule has 2 saturated heterocycles. The lowest BCUT2D eigenvalue weighted by Crippen LogP contribution is -2.36. The third kappa shape index (κ3) is 3.94. The van der Waals surface area contributed by atoms with Crippen LogP contribution in [0.15, 0.2) is 30.3 Å². The van der Waals surface area contributed by atoms with Crippen LogP contribution in [0.3, 0.4) is 0 Å². The lowest BCUT2D eigenvalue weighted by atomic mass is 9.87. The number of hydrogen-bond acceptors (Lipinski definition) is 5. The number of likely N-dealkylation sites (tertiary alicyclic amines) is 2. The molecule has 4 rings (SSSR count). The van der Waals surface area contributed by atoms with Crippen LogP contribution in [0, 0.1) is 18.8 Å². The van der Waals surface area contributed by atoms with Crippen molar-refractivity contribution in [3.8, 4) is 0 Å². The van der Waals surface area contributed by atoms with E-state index in [1.165, 1.54) is 11.1 Å². The number of aryl methyl sites for hydroxylation is 1. The number of nitrogens with two attached hydrogens (primary N) is 1. The van der Waals surface area contributed by atoms with E-state index in [0.29, 0.717) is 31.1 Å². The molecule has 0 aliphatic carbocycles. The van der Waals surface area contributed by atoms with Crippen LogP contribution in [0.25, 0.3) is 0 Å². The van der Waals surface area contributed by atoms with E-state index >= 15 is 0 Å². The zero-order valence-electron chi connectivity index (χ0n) is 16.4. The summed E-state index contributed by atoms with van der Waals surface area (Å²) in [6.07, 6.45) is 0. The van der Waals surface area contributed by atoms with Gasteiger partial charge in [0.25, 0.3) is 12.4 Å². The van der Waals surface area contributed by atoms with Gasteiger partial charge in [-0.25, -0.2) is 0 Å². The Kier molecular flexibility index (Phi) is 5.86. The van der Waals surface area contributed by atoms with Crippen LogP contribution >= 0.6 is 0 Å². The Labute approximate surface area is 168 Å². The van der Waals surface area contributed by atoms with Crippen molar-refractivity contribution in [3.63, 3.8) is 0 Å². The van der Waals surface area contributed by atoms with Crippen LogP contribution < -0.4 is 5.73 Å². The largest absolute Gasteiger partial charge is 0.483 e. The SMILES string of the molecule is CC(=O)N1C[C@H]2CN(C(=O)c3cc(N)n[nH]3)C[C@H]2[C@@H]1c1ccccc1C.O=CO. The Morgan fingerprint density at radius 1 is 1.28 bits per heavy atom. The highest BCUT2D eigenvalue weighted by molar-refractivity contribution is 5.93. The number of nitrogens with one attached hydrogen (secondary N) is 1. The highest BCUT2D eigenvalue weighted by Gasteiger charge is 2.49. The maximum atomic E-state index is 12.7. The molecule has 2 aliphatic heterocycles. The number of H-pyrrole nitrogens is 1. The molecule has 2 aromatic rings. The topological polar surface area (TPSA) is 133 Å². The van der Waals surface area contributed by atoms with Crippen LogP contribution in [0.1, 0.15) is 34.6 Å². The van der Waals surface area contributed by atoms with Gasteiger partial charge < -0.3 is 20.6 Å². The second kappa shape index (κ2) is 8.34. The first kappa shape index (κ1) is 20.4. The van der Waals surface area contributed by atoms with Gasteiger partial charge >= 0.3 is 0 Å². The number of aromatic nitrogens is 2. The lowest BCUT2D eigenvalue weighted by Gasteiger charge is -2.30. The van der Waals surface area contributed by atoms with Gasteiger partial charge in [0, 0.05) is 44.5 Å². The number of fused-ring (bicyclic) bond motifs is 1. The predicted octanol–water partition coefficient (Wildman–Crippen LogP) is 1.29. The monoisotopic (exact) mass is 399 g/mol. The molecule has 0 spiro atoms. The lowest BCUT2D eigenvalue weighted by molar-refractivity contribution is -0.130. The molecule has 1 aromatic carbocycles. The summed E-state index contributed by atoms with van der Waals surface area (Å²) in [6.45, 7) is 5.42. The maximum Gasteiger partial charge on any atom is 0.290 e. The highest BCUT2D eigenvalue weighted by Crippen LogP contribution is 2.45. The van der Waals surface area contributed by atoms with E-state index in [0.717, 1.165) is 0 Å². The third-order valence-corrected chi connectivity index (χ3v) is 5.69. The summed E-state index contributed by atoms with van der Waals surface area (Å²) < 4.78 is 0. The molecule has 0 bridgehead atoms. The number of carboxylic acid groups (broad SMARTS) is 1. The Balaban J connectivity index is 0.000000755. The summed E-state index contributed by atoms with van der Waals surface area (Å²) in [5.41, 5.74) is 8.38. The molecule has 3 atom stereocenters. The summed E-state index contributed by atoms with van der Waals surface area (Å²) in [6, 6.07) is 9.78. The van der Waals surface area contributed by atoms with Crippen LogP contribution in [-0.2, 0) is 9.59 Å². The van der Waals surface area contributed by atoms with Crippen LogP contribution in [-0.4, -0.2) is 63.0 Å². The zero-order chi connectivity index (χ0) is 21.1. The first-order valence-electron chi connectivity index (χ1n) is 9.38. The fourth-order valence-corrected chi connectivity index (χ4v) is 4.47. The maximum absolute atomic E-state index is 12.7. The van der Waals surface area contributed by atoms with Gasteiger partial charge in [0.15, 0.2) is 0 Å². The molecule has 0 radical (unpaired) electrons. The molecule has 2 amide bonds. The third-order valence-electron chi connectivity index (χ3n) is 5.69. The zero-order valence-corrected chi connectivity index (χ0v) is 16.4. The second-order valence-corrected chi connectivity index (χ2v) is 7.42. The molecule has 0 saturated carbocycles. The number of carbonyl (C=O) groups excluding carboxylic acids is 2. The number of nitrogens with zero attached hydrogens (tertiary/aromatic N) is 3. The van der Waals surface area contributed by atoms with Gasteiger partial charge in [-0.1, -0.05) is 24.3 Å². The van der Waals surface area contributed by atoms with Crippen molar-refractivity contribution < 1.29 is 19.5 Å². The normalized spacial score (nSPS) is 22.6. The fraction of sp³-hybridized carbons (Fsp3) is 0.400. The summed E-state index contributed by atoms with van der Waals surface area (Å²) in [5, 5.41) is 13.4. The van der Waals surface area contributed by atoms with Gasteiger partial charge in [0.2, 0.25) is 5.91 Å². The number of hydrogen-bond donors (Lipinski definition) is 3. The van der Waals surface area contributed by atoms with Crippen molar-refractivity contribution in [2.45, 2.75) is 19.9 Å². The smallest absolute Gasteiger partial charge is 0.290 e. The molecule has 4 N–H and O–H groups in total. The number of carbonyl (C=O) groups is 3. The Hall–Kier alpha value is -3.36. The predicted molar refractivity (Wildman–Crippen MR) is 106 cm³/mol. The molecule has 2 fully saturated rings. The molecule has 154 valence electrons. The van der Waals surface area contributed by atoms with Crippen molar-refractivity contribution in [3.05, 3.63) is 47.2 Å². The van der Waals surface area contributed by atoms with Gasteiger partial charge in [0.1, 0.15) is 11.5 Å². The standard InChI is InChI=1S/C19H23N5O2.CH2O2/c1-11-5-3-4-6-14(11)18-15-10-23(8-13(15)9-24(18)12(2)25)19(26)16-7-17(20)22-21-16;2-1-3/h3-7,13,15,18H,8-10H2,1-2H3,(H3,20,21,22);1H,(H,2,3)/t13-,15-,18+;/m1./s1. The number of nitrogen functional groups attached to an aromatic ring is 1. The molecule has 9 nitrogen and oxygen atoms in total. The minimum atomic E-state index is -0.250. The molecule has 29 heavy (non-hydrogen) atoms. The number of benzene rings is 1. The van der Waals surface area contributed by atoms with E-state index in [1.54, 1.807) is 13.0 Å². The summed E-state index contributed by atoms with van der Waals surface area (Å²) >= 11 is 0. The van der Waals surface area contributed by atoms with Gasteiger partial charge in [-0.05, 0) is 18.1 Å². The first-order valence-corrected chi connectivity index (χ1v) is 9.38. The number of rotatable bonds is 2. The molecular formula is C20H25N5O4.